The number of rotatable bonds is 6. The van der Waals surface area contributed by atoms with E-state index in [1.165, 1.54) is 11.3 Å². The molecule has 13 nitrogen and oxygen atoms in total. The number of phenols is 1. The van der Waals surface area contributed by atoms with E-state index in [0.717, 1.165) is 24.3 Å². The van der Waals surface area contributed by atoms with Gasteiger partial charge in [0.15, 0.2) is 35.6 Å². The molecule has 10 atom stereocenters. The summed E-state index contributed by atoms with van der Waals surface area (Å²) in [6, 6.07) is 7.42. The number of carbonyl (C=O) groups is 1. The zero-order chi connectivity index (χ0) is 41.2. The van der Waals surface area contributed by atoms with Crippen molar-refractivity contribution in [2.45, 2.75) is 49.0 Å². The number of aliphatic hydroxyl groups excluding tert-OH is 2. The van der Waals surface area contributed by atoms with Crippen LogP contribution in [0.4, 0.5) is 0 Å². The van der Waals surface area contributed by atoms with E-state index in [2.05, 4.69) is 0 Å². The predicted molar refractivity (Wildman–Crippen MR) is 156 cm³/mol. The number of aromatic hydroxyl groups is 1. The van der Waals surface area contributed by atoms with Crippen LogP contribution in [0.3, 0.4) is 0 Å². The highest BCUT2D eigenvalue weighted by atomic mass is 32.1. The molecule has 4 aliphatic heterocycles. The minimum atomic E-state index is -3.25. The van der Waals surface area contributed by atoms with Crippen LogP contribution >= 0.6 is 11.3 Å². The van der Waals surface area contributed by atoms with Gasteiger partial charge in [0.1, 0.15) is 27.2 Å². The number of thiophene rings is 1. The molecule has 3 saturated heterocycles. The van der Waals surface area contributed by atoms with Gasteiger partial charge in [0.25, 0.3) is 0 Å². The van der Waals surface area contributed by atoms with E-state index in [0.29, 0.717) is 4.88 Å². The first kappa shape index (κ1) is 19.9. The Bertz CT molecular complexity index is 2030. The second-order valence-electron chi connectivity index (χ2n) is 11.0. The molecule has 3 N–H and O–H groups in total. The summed E-state index contributed by atoms with van der Waals surface area (Å²) >= 11 is 1.34. The Kier molecular flexibility index (Phi) is 5.00. The van der Waals surface area contributed by atoms with Gasteiger partial charge < -0.3 is 58.0 Å². The summed E-state index contributed by atoms with van der Waals surface area (Å²) in [4.78, 5) is 14.6. The van der Waals surface area contributed by atoms with Crippen LogP contribution in [-0.2, 0) is 28.5 Å². The second-order valence-corrected chi connectivity index (χ2v) is 12.0. The Balaban J connectivity index is 1.26. The maximum Gasteiger partial charge on any atom is 0.310 e. The summed E-state index contributed by atoms with van der Waals surface area (Å²) in [6.45, 7) is -5.86. The van der Waals surface area contributed by atoms with Gasteiger partial charge in [0.2, 0.25) is 12.5 Å². The molecule has 0 bridgehead atoms. The van der Waals surface area contributed by atoms with Crippen LogP contribution < -0.4 is 18.9 Å². The third-order valence-electron chi connectivity index (χ3n) is 8.52. The number of fused-ring (bicyclic) bond motifs is 4. The van der Waals surface area contributed by atoms with Gasteiger partial charge in [0, 0.05) is 13.2 Å². The summed E-state index contributed by atoms with van der Waals surface area (Å²) < 4.78 is 140. The maximum atomic E-state index is 13.9. The molecule has 0 spiro atoms. The highest BCUT2D eigenvalue weighted by Crippen LogP contribution is 2.57. The lowest BCUT2D eigenvalue weighted by Crippen LogP contribution is -2.62. The molecule has 14 heteroatoms. The summed E-state index contributed by atoms with van der Waals surface area (Å²) in [7, 11) is -6.50. The quantitative estimate of drug-likeness (QED) is 0.330. The van der Waals surface area contributed by atoms with Gasteiger partial charge in [-0.15, -0.1) is 11.3 Å². The Morgan fingerprint density at radius 2 is 1.78 bits per heavy atom. The highest BCUT2D eigenvalue weighted by molar-refractivity contribution is 7.10. The van der Waals surface area contributed by atoms with E-state index in [4.69, 9.17) is 56.3 Å². The van der Waals surface area contributed by atoms with Gasteiger partial charge in [-0.3, -0.25) is 4.79 Å². The van der Waals surface area contributed by atoms with Crippen molar-refractivity contribution in [3.05, 3.63) is 63.3 Å². The van der Waals surface area contributed by atoms with Gasteiger partial charge in [-0.1, -0.05) is 6.07 Å². The van der Waals surface area contributed by atoms with Crippen molar-refractivity contribution >= 4 is 17.3 Å². The number of carbonyl (C=O) groups excluding carboxylic acids is 1. The number of benzene rings is 2. The molecule has 1 aliphatic carbocycles. The van der Waals surface area contributed by atoms with Gasteiger partial charge in [-0.2, -0.15) is 0 Å². The first-order chi connectivity index (χ1) is 26.5. The Morgan fingerprint density at radius 1 is 1.02 bits per heavy atom. The summed E-state index contributed by atoms with van der Waals surface area (Å²) in [5.41, 5.74) is -0.950. The maximum absolute atomic E-state index is 13.9. The molecule has 5 aliphatic rings. The lowest BCUT2D eigenvalue weighted by Gasteiger charge is -2.48. The highest BCUT2D eigenvalue weighted by Gasteiger charge is 2.56. The largest absolute Gasteiger partial charge is 0.502 e. The second kappa shape index (κ2) is 11.6. The van der Waals surface area contributed by atoms with E-state index >= 15 is 0 Å². The van der Waals surface area contributed by atoms with Gasteiger partial charge in [-0.05, 0) is 52.4 Å². The van der Waals surface area contributed by atoms with Gasteiger partial charge >= 0.3 is 5.97 Å². The molecule has 3 fully saturated rings. The number of hydrogen-bond acceptors (Lipinski definition) is 14. The fourth-order valence-electron chi connectivity index (χ4n) is 6.40. The van der Waals surface area contributed by atoms with Crippen LogP contribution in [0.5, 0.6) is 28.7 Å². The Labute approximate surface area is 282 Å². The molecule has 3 aromatic rings. The van der Waals surface area contributed by atoms with Crippen molar-refractivity contribution in [1.29, 1.82) is 0 Å². The summed E-state index contributed by atoms with van der Waals surface area (Å²) in [5, 5.41) is 35.4. The zero-order valence-corrected chi connectivity index (χ0v) is 24.1. The Morgan fingerprint density at radius 3 is 2.50 bits per heavy atom. The average molecular weight is 668 g/mol. The molecule has 1 aromatic heterocycles. The molecule has 0 radical (unpaired) electrons. The van der Waals surface area contributed by atoms with Crippen LogP contribution in [0.2, 0.25) is 0 Å². The fraction of sp³-hybridized carbons (Fsp3) is 0.469. The fourth-order valence-corrected chi connectivity index (χ4v) is 7.11. The molecule has 0 saturated carbocycles. The number of hydrogen-bond donors (Lipinski definition) is 3. The van der Waals surface area contributed by atoms with Crippen LogP contribution in [-0.4, -0.2) is 86.0 Å². The van der Waals surface area contributed by atoms with Crippen LogP contribution in [0.1, 0.15) is 54.9 Å². The van der Waals surface area contributed by atoms with Crippen molar-refractivity contribution < 1.29 is 77.8 Å². The van der Waals surface area contributed by atoms with Crippen molar-refractivity contribution in [2.24, 2.45) is 11.8 Å². The average Bonchev–Trinajstić information content (AvgIpc) is 3.79. The molecular formula is C32H32O13S. The minimum Gasteiger partial charge on any atom is -0.502 e. The molecule has 2 aromatic carbocycles. The first-order valence-corrected chi connectivity index (χ1v) is 14.9. The van der Waals surface area contributed by atoms with Crippen molar-refractivity contribution in [3.8, 4) is 28.7 Å². The van der Waals surface area contributed by atoms with Crippen molar-refractivity contribution in [1.82, 2.24) is 0 Å². The number of aliphatic hydroxyl groups is 2. The minimum absolute atomic E-state index is 0.141. The van der Waals surface area contributed by atoms with Crippen LogP contribution in [0, 0.1) is 11.8 Å². The zero-order valence-electron chi connectivity index (χ0n) is 34.3. The van der Waals surface area contributed by atoms with E-state index in [1.807, 2.05) is 0 Å². The number of cyclic esters (lactones) is 1. The van der Waals surface area contributed by atoms with Crippen LogP contribution in [0.15, 0.2) is 41.8 Å². The van der Waals surface area contributed by atoms with Crippen LogP contribution in [0.25, 0.3) is 0 Å². The number of methoxy groups -OCH3 is 2. The first-order valence-electron chi connectivity index (χ1n) is 19.5. The van der Waals surface area contributed by atoms with E-state index in [-0.39, 0.29) is 29.2 Å². The van der Waals surface area contributed by atoms with E-state index in [9.17, 15) is 21.5 Å². The number of ether oxygens (including phenoxy) is 9. The smallest absolute Gasteiger partial charge is 0.310 e. The predicted octanol–water partition coefficient (Wildman–Crippen LogP) is 2.75. The topological polar surface area (TPSA) is 161 Å². The third kappa shape index (κ3) is 4.70. The Hall–Kier alpha value is -3.63. The van der Waals surface area contributed by atoms with Gasteiger partial charge in [-0.25, -0.2) is 0 Å². The van der Waals surface area contributed by atoms with Crippen molar-refractivity contribution in [3.63, 3.8) is 0 Å². The molecule has 0 amide bonds. The monoisotopic (exact) mass is 667 g/mol. The summed E-state index contributed by atoms with van der Waals surface area (Å²) in [6.07, 6.45) is -10.0. The number of esters is 1. The number of phenolic OH excluding ortho intramolecular Hbond substituents is 1. The molecule has 5 heterocycles. The van der Waals surface area contributed by atoms with E-state index < -0.39 is 117 Å². The summed E-state index contributed by atoms with van der Waals surface area (Å²) in [5.74, 6) is -11.3. The van der Waals surface area contributed by atoms with Gasteiger partial charge in [0.05, 0.1) is 55.1 Å². The third-order valence-corrected chi connectivity index (χ3v) is 9.42. The normalized spacial score (nSPS) is 42.2. The lowest BCUT2D eigenvalue weighted by molar-refractivity contribution is -0.368. The SMILES string of the molecule is [2H]C([2H])([2H])Oc1cc([C@]2([2H])c3cc4c(cc3[C@@H](O[C@@H]3O[C@@H]5CO[C@@H](c6cccs6)O[C@H]5[C@H](O)[C@H]3O)[C@@H]3[C@@H]2C(=O)OC3([2H])[2H])OC([2H])([2H])O4)cc(OC([2H])([2H])[2H])c1O. The molecule has 46 heavy (non-hydrogen) atoms. The molecule has 8 rings (SSSR count). The van der Waals surface area contributed by atoms with Crippen molar-refractivity contribution in [2.75, 3.05) is 34.0 Å². The molecule has 0 unspecified atom stereocenters. The molecule has 244 valence electrons. The molecular weight excluding hydrogens is 624 g/mol. The lowest BCUT2D eigenvalue weighted by atomic mass is 9.66. The standard InChI is InChI=1S/C32H32O13S/c1-37-19-6-13(7-20(38-2)25(19)33)23-14-8-17-18(42-12-41-17)9-15(14)28(16-10-39-30(36)24(16)23)44-32-27(35)26(34)29-21(43-32)11-40-31(45-29)22-4-3-5-46-22/h3-9,16,21,23-24,26-29,31-35H,10-12H2,1-2H3/t16-,21+,23+,24-,26+,27+,28+,29+,31+,32-/m0/s1/i1D3,2D3,10D2,12D2,23D. The van der Waals surface area contributed by atoms with E-state index in [1.54, 1.807) is 17.5 Å².